The van der Waals surface area contributed by atoms with Gasteiger partial charge in [-0.1, -0.05) is 18.2 Å². The molecule has 100 valence electrons. The van der Waals surface area contributed by atoms with Crippen molar-refractivity contribution in [2.75, 3.05) is 5.73 Å². The highest BCUT2D eigenvalue weighted by Gasteiger charge is 2.33. The van der Waals surface area contributed by atoms with Crippen LogP contribution in [0.5, 0.6) is 0 Å². The second kappa shape index (κ2) is 4.53. The van der Waals surface area contributed by atoms with Crippen LogP contribution in [0.1, 0.15) is 5.56 Å². The third-order valence-corrected chi connectivity index (χ3v) is 2.60. The molecule has 0 atom stereocenters. The first-order chi connectivity index (χ1) is 8.80. The van der Waals surface area contributed by atoms with Crippen molar-refractivity contribution in [2.45, 2.75) is 6.18 Å². The van der Waals surface area contributed by atoms with E-state index in [1.165, 1.54) is 18.2 Å². The minimum Gasteiger partial charge on any atom is -0.396 e. The molecule has 0 aliphatic carbocycles. The van der Waals surface area contributed by atoms with Crippen molar-refractivity contribution in [3.05, 3.63) is 53.6 Å². The van der Waals surface area contributed by atoms with Crippen LogP contribution in [0.4, 0.5) is 27.6 Å². The van der Waals surface area contributed by atoms with Gasteiger partial charge >= 0.3 is 6.18 Å². The number of rotatable bonds is 1. The van der Waals surface area contributed by atoms with Crippen molar-refractivity contribution in [3.63, 3.8) is 0 Å². The standard InChI is InChI=1S/C13H8F5N/c14-10-5-7(6-11(19)12(10)15)8-3-1-2-4-9(8)13(16,17)18/h1-6H,19H2. The number of hydrogen-bond donors (Lipinski definition) is 1. The Bertz CT molecular complexity index is 596. The summed E-state index contributed by atoms with van der Waals surface area (Å²) >= 11 is 0. The van der Waals surface area contributed by atoms with E-state index >= 15 is 0 Å². The van der Waals surface area contributed by atoms with Gasteiger partial charge in [-0.3, -0.25) is 0 Å². The molecular formula is C13H8F5N. The van der Waals surface area contributed by atoms with Crippen molar-refractivity contribution < 1.29 is 22.0 Å². The molecule has 0 heterocycles. The van der Waals surface area contributed by atoms with Crippen LogP contribution < -0.4 is 5.73 Å². The zero-order valence-corrected chi connectivity index (χ0v) is 9.43. The van der Waals surface area contributed by atoms with Crippen molar-refractivity contribution in [2.24, 2.45) is 0 Å². The molecule has 0 amide bonds. The number of nitrogens with two attached hydrogens (primary N) is 1. The quantitative estimate of drug-likeness (QED) is 0.610. The van der Waals surface area contributed by atoms with E-state index in [0.29, 0.717) is 6.07 Å². The van der Waals surface area contributed by atoms with Gasteiger partial charge in [0.05, 0.1) is 11.3 Å². The summed E-state index contributed by atoms with van der Waals surface area (Å²) in [6, 6.07) is 6.30. The van der Waals surface area contributed by atoms with Crippen LogP contribution >= 0.6 is 0 Å². The molecule has 2 aromatic carbocycles. The Labute approximate surface area is 105 Å². The second-order valence-electron chi connectivity index (χ2n) is 3.90. The molecule has 0 aliphatic heterocycles. The maximum Gasteiger partial charge on any atom is 0.417 e. The molecule has 0 aromatic heterocycles. The minimum atomic E-state index is -4.59. The van der Waals surface area contributed by atoms with Gasteiger partial charge in [0.1, 0.15) is 0 Å². The summed E-state index contributed by atoms with van der Waals surface area (Å²) in [6.07, 6.45) is -4.59. The molecule has 19 heavy (non-hydrogen) atoms. The molecule has 0 aliphatic rings. The molecule has 0 unspecified atom stereocenters. The molecule has 6 heteroatoms. The number of nitrogen functional groups attached to an aromatic ring is 1. The van der Waals surface area contributed by atoms with Crippen LogP contribution in [0.25, 0.3) is 11.1 Å². The zero-order valence-electron chi connectivity index (χ0n) is 9.43. The lowest BCUT2D eigenvalue weighted by Gasteiger charge is -2.13. The predicted molar refractivity (Wildman–Crippen MR) is 61.2 cm³/mol. The monoisotopic (exact) mass is 273 g/mol. The Morgan fingerprint density at radius 2 is 1.58 bits per heavy atom. The van der Waals surface area contributed by atoms with Gasteiger partial charge in [-0.25, -0.2) is 8.78 Å². The molecule has 2 N–H and O–H groups in total. The average molecular weight is 273 g/mol. The fourth-order valence-corrected chi connectivity index (χ4v) is 1.75. The highest BCUT2D eigenvalue weighted by atomic mass is 19.4. The maximum atomic E-state index is 13.2. The first-order valence-corrected chi connectivity index (χ1v) is 5.22. The highest BCUT2D eigenvalue weighted by Crippen LogP contribution is 2.37. The van der Waals surface area contributed by atoms with E-state index < -0.39 is 29.1 Å². The number of benzene rings is 2. The van der Waals surface area contributed by atoms with Gasteiger partial charge < -0.3 is 5.73 Å². The van der Waals surface area contributed by atoms with Crippen LogP contribution in [0, 0.1) is 11.6 Å². The van der Waals surface area contributed by atoms with Gasteiger partial charge in [-0.15, -0.1) is 0 Å². The van der Waals surface area contributed by atoms with E-state index in [0.717, 1.165) is 12.1 Å². The lowest BCUT2D eigenvalue weighted by molar-refractivity contribution is -0.137. The van der Waals surface area contributed by atoms with Crippen molar-refractivity contribution in [3.8, 4) is 11.1 Å². The van der Waals surface area contributed by atoms with Gasteiger partial charge in [0.25, 0.3) is 0 Å². The highest BCUT2D eigenvalue weighted by molar-refractivity contribution is 5.71. The van der Waals surface area contributed by atoms with E-state index in [-0.39, 0.29) is 11.1 Å². The number of alkyl halides is 3. The van der Waals surface area contributed by atoms with Crippen molar-refractivity contribution >= 4 is 5.69 Å². The first-order valence-electron chi connectivity index (χ1n) is 5.22. The first kappa shape index (κ1) is 13.3. The minimum absolute atomic E-state index is 0.121. The van der Waals surface area contributed by atoms with E-state index in [9.17, 15) is 22.0 Å². The van der Waals surface area contributed by atoms with Gasteiger partial charge in [-0.05, 0) is 29.3 Å². The van der Waals surface area contributed by atoms with Crippen molar-refractivity contribution in [1.82, 2.24) is 0 Å². The summed E-state index contributed by atoms with van der Waals surface area (Å²) in [4.78, 5) is 0. The molecule has 2 rings (SSSR count). The van der Waals surface area contributed by atoms with Crippen LogP contribution in [-0.2, 0) is 6.18 Å². The van der Waals surface area contributed by atoms with E-state index in [1.54, 1.807) is 0 Å². The van der Waals surface area contributed by atoms with Crippen LogP contribution in [-0.4, -0.2) is 0 Å². The average Bonchev–Trinajstić information content (AvgIpc) is 2.34. The number of halogens is 5. The fourth-order valence-electron chi connectivity index (χ4n) is 1.75. The molecule has 1 nitrogen and oxygen atoms in total. The normalized spacial score (nSPS) is 11.6. The summed E-state index contributed by atoms with van der Waals surface area (Å²) in [5.74, 6) is -2.56. The number of hydrogen-bond acceptors (Lipinski definition) is 1. The molecule has 0 spiro atoms. The largest absolute Gasteiger partial charge is 0.417 e. The third-order valence-electron chi connectivity index (χ3n) is 2.60. The van der Waals surface area contributed by atoms with Crippen LogP contribution in [0.2, 0.25) is 0 Å². The third kappa shape index (κ3) is 2.52. The lowest BCUT2D eigenvalue weighted by Crippen LogP contribution is -2.07. The fraction of sp³-hybridized carbons (Fsp3) is 0.0769. The van der Waals surface area contributed by atoms with E-state index in [2.05, 4.69) is 0 Å². The molecular weight excluding hydrogens is 265 g/mol. The second-order valence-corrected chi connectivity index (χ2v) is 3.90. The molecule has 0 saturated heterocycles. The summed E-state index contributed by atoms with van der Waals surface area (Å²) < 4.78 is 64.7. The van der Waals surface area contributed by atoms with Crippen molar-refractivity contribution in [1.29, 1.82) is 0 Å². The van der Waals surface area contributed by atoms with Gasteiger partial charge in [0, 0.05) is 0 Å². The van der Waals surface area contributed by atoms with E-state index in [1.807, 2.05) is 0 Å². The Morgan fingerprint density at radius 3 is 2.16 bits per heavy atom. The van der Waals surface area contributed by atoms with Gasteiger partial charge in [0.2, 0.25) is 0 Å². The molecule has 0 bridgehead atoms. The van der Waals surface area contributed by atoms with Crippen LogP contribution in [0.3, 0.4) is 0 Å². The molecule has 0 radical (unpaired) electrons. The summed E-state index contributed by atoms with van der Waals surface area (Å²) in [7, 11) is 0. The molecule has 0 saturated carbocycles. The topological polar surface area (TPSA) is 26.0 Å². The van der Waals surface area contributed by atoms with Gasteiger partial charge in [-0.2, -0.15) is 13.2 Å². The Kier molecular flexibility index (Phi) is 3.18. The number of anilines is 1. The zero-order chi connectivity index (χ0) is 14.2. The summed E-state index contributed by atoms with van der Waals surface area (Å²) in [5.41, 5.74) is 3.39. The molecule has 2 aromatic rings. The Hall–Kier alpha value is -2.11. The maximum absolute atomic E-state index is 13.2. The Balaban J connectivity index is 2.67. The smallest absolute Gasteiger partial charge is 0.396 e. The van der Waals surface area contributed by atoms with Gasteiger partial charge in [0.15, 0.2) is 11.6 Å². The summed E-state index contributed by atoms with van der Waals surface area (Å²) in [6.45, 7) is 0. The Morgan fingerprint density at radius 1 is 0.947 bits per heavy atom. The molecule has 0 fully saturated rings. The lowest BCUT2D eigenvalue weighted by atomic mass is 9.98. The van der Waals surface area contributed by atoms with E-state index in [4.69, 9.17) is 5.73 Å². The predicted octanol–water partition coefficient (Wildman–Crippen LogP) is 4.23. The van der Waals surface area contributed by atoms with Crippen LogP contribution in [0.15, 0.2) is 36.4 Å². The summed E-state index contributed by atoms with van der Waals surface area (Å²) in [5, 5.41) is 0. The SMILES string of the molecule is Nc1cc(-c2ccccc2C(F)(F)F)cc(F)c1F.